The van der Waals surface area contributed by atoms with Crippen LogP contribution in [-0.2, 0) is 0 Å². The summed E-state index contributed by atoms with van der Waals surface area (Å²) in [5.41, 5.74) is 8.81. The first-order chi connectivity index (χ1) is 8.49. The van der Waals surface area contributed by atoms with Crippen molar-refractivity contribution >= 4 is 44.6 Å². The summed E-state index contributed by atoms with van der Waals surface area (Å²) in [5.74, 6) is -0.303. The quantitative estimate of drug-likeness (QED) is 0.771. The highest BCUT2D eigenvalue weighted by Gasteiger charge is 2.09. The molecule has 5 heteroatoms. The van der Waals surface area contributed by atoms with Crippen LogP contribution in [0.25, 0.3) is 0 Å². The number of benzene rings is 2. The maximum Gasteiger partial charge on any atom is 0.124 e. The van der Waals surface area contributed by atoms with Crippen molar-refractivity contribution in [2.75, 3.05) is 11.1 Å². The smallest absolute Gasteiger partial charge is 0.124 e. The zero-order chi connectivity index (χ0) is 13.3. The van der Waals surface area contributed by atoms with Crippen LogP contribution in [0.15, 0.2) is 34.8 Å². The number of nitrogen functional groups attached to an aromatic ring is 1. The first-order valence-corrected chi connectivity index (χ1v) is 6.43. The number of hydrogen-bond acceptors (Lipinski definition) is 2. The van der Waals surface area contributed by atoms with Gasteiger partial charge in [0.05, 0.1) is 17.1 Å². The summed E-state index contributed by atoms with van der Waals surface area (Å²) in [6.45, 7) is 1.87. The lowest BCUT2D eigenvalue weighted by atomic mass is 10.1. The lowest BCUT2D eigenvalue weighted by molar-refractivity contribution is 0.627. The van der Waals surface area contributed by atoms with Crippen LogP contribution < -0.4 is 11.1 Å². The molecular formula is C13H11BrClFN2. The van der Waals surface area contributed by atoms with Crippen molar-refractivity contribution in [3.8, 4) is 0 Å². The summed E-state index contributed by atoms with van der Waals surface area (Å²) in [6.07, 6.45) is 0. The zero-order valence-corrected chi connectivity index (χ0v) is 11.9. The highest BCUT2D eigenvalue weighted by molar-refractivity contribution is 9.10. The Morgan fingerprint density at radius 2 is 2.00 bits per heavy atom. The number of halogens is 3. The molecule has 0 atom stereocenters. The maximum atomic E-state index is 13.0. The molecular weight excluding hydrogens is 319 g/mol. The van der Waals surface area contributed by atoms with Gasteiger partial charge in [-0.25, -0.2) is 4.39 Å². The van der Waals surface area contributed by atoms with E-state index in [0.717, 1.165) is 16.9 Å². The molecule has 18 heavy (non-hydrogen) atoms. The van der Waals surface area contributed by atoms with E-state index in [1.807, 2.05) is 6.92 Å². The fourth-order valence-corrected chi connectivity index (χ4v) is 2.21. The summed E-state index contributed by atoms with van der Waals surface area (Å²) in [5, 5.41) is 3.78. The SMILES string of the molecule is Cc1c(Cl)ccc(N)c1Nc1ccc(F)cc1Br. The molecule has 0 heterocycles. The van der Waals surface area contributed by atoms with E-state index in [0.29, 0.717) is 15.2 Å². The van der Waals surface area contributed by atoms with Crippen LogP contribution in [-0.4, -0.2) is 0 Å². The normalized spacial score (nSPS) is 10.4. The Balaban J connectivity index is 2.43. The summed E-state index contributed by atoms with van der Waals surface area (Å²) in [6, 6.07) is 7.88. The van der Waals surface area contributed by atoms with E-state index in [2.05, 4.69) is 21.2 Å². The Bertz CT molecular complexity index is 602. The van der Waals surface area contributed by atoms with Gasteiger partial charge in [0.15, 0.2) is 0 Å². The summed E-state index contributed by atoms with van der Waals surface area (Å²) >= 11 is 9.35. The lowest BCUT2D eigenvalue weighted by Crippen LogP contribution is -2.00. The third-order valence-electron chi connectivity index (χ3n) is 2.62. The zero-order valence-electron chi connectivity index (χ0n) is 9.60. The second-order valence-electron chi connectivity index (χ2n) is 3.89. The molecule has 94 valence electrons. The van der Waals surface area contributed by atoms with Crippen molar-refractivity contribution in [2.45, 2.75) is 6.92 Å². The van der Waals surface area contributed by atoms with Gasteiger partial charge in [0.1, 0.15) is 5.82 Å². The van der Waals surface area contributed by atoms with E-state index in [4.69, 9.17) is 17.3 Å². The molecule has 2 aromatic rings. The highest BCUT2D eigenvalue weighted by Crippen LogP contribution is 2.34. The molecule has 0 radical (unpaired) electrons. The Morgan fingerprint density at radius 1 is 1.28 bits per heavy atom. The summed E-state index contributed by atoms with van der Waals surface area (Å²) in [7, 11) is 0. The van der Waals surface area contributed by atoms with Crippen LogP contribution in [0.3, 0.4) is 0 Å². The summed E-state index contributed by atoms with van der Waals surface area (Å²) < 4.78 is 13.6. The molecule has 2 nitrogen and oxygen atoms in total. The molecule has 2 aromatic carbocycles. The van der Waals surface area contributed by atoms with Crippen LogP contribution >= 0.6 is 27.5 Å². The molecule has 0 bridgehead atoms. The largest absolute Gasteiger partial charge is 0.397 e. The Labute approximate surface area is 118 Å². The van der Waals surface area contributed by atoms with E-state index in [9.17, 15) is 4.39 Å². The molecule has 0 spiro atoms. The second kappa shape index (κ2) is 5.16. The third-order valence-corrected chi connectivity index (χ3v) is 3.69. The van der Waals surface area contributed by atoms with Crippen molar-refractivity contribution in [1.82, 2.24) is 0 Å². The first kappa shape index (κ1) is 13.2. The van der Waals surface area contributed by atoms with Crippen molar-refractivity contribution in [3.63, 3.8) is 0 Å². The molecule has 0 aromatic heterocycles. The number of nitrogens with two attached hydrogens (primary N) is 1. The monoisotopic (exact) mass is 328 g/mol. The molecule has 0 amide bonds. The van der Waals surface area contributed by atoms with Crippen molar-refractivity contribution in [3.05, 3.63) is 51.2 Å². The van der Waals surface area contributed by atoms with Crippen LogP contribution in [0.4, 0.5) is 21.5 Å². The van der Waals surface area contributed by atoms with Gasteiger partial charge in [0, 0.05) is 9.50 Å². The Morgan fingerprint density at radius 3 is 2.67 bits per heavy atom. The fourth-order valence-electron chi connectivity index (χ4n) is 1.60. The first-order valence-electron chi connectivity index (χ1n) is 5.25. The second-order valence-corrected chi connectivity index (χ2v) is 5.15. The standard InChI is InChI=1S/C13H11BrClFN2/c1-7-10(15)3-4-11(17)13(7)18-12-5-2-8(16)6-9(12)14/h2-6,18H,17H2,1H3. The lowest BCUT2D eigenvalue weighted by Gasteiger charge is -2.14. The van der Waals surface area contributed by atoms with Crippen molar-refractivity contribution < 1.29 is 4.39 Å². The van der Waals surface area contributed by atoms with E-state index < -0.39 is 0 Å². The number of rotatable bonds is 2. The molecule has 0 aliphatic carbocycles. The topological polar surface area (TPSA) is 38.0 Å². The van der Waals surface area contributed by atoms with Gasteiger partial charge in [0.25, 0.3) is 0 Å². The molecule has 0 aliphatic rings. The Hall–Kier alpha value is -1.26. The van der Waals surface area contributed by atoms with E-state index >= 15 is 0 Å². The van der Waals surface area contributed by atoms with Gasteiger partial charge in [-0.1, -0.05) is 11.6 Å². The van der Waals surface area contributed by atoms with Crippen LogP contribution in [0.2, 0.25) is 5.02 Å². The molecule has 0 aliphatic heterocycles. The average molecular weight is 330 g/mol. The van der Waals surface area contributed by atoms with Gasteiger partial charge in [-0.05, 0) is 58.7 Å². The van der Waals surface area contributed by atoms with Gasteiger partial charge in [0.2, 0.25) is 0 Å². The van der Waals surface area contributed by atoms with E-state index in [1.165, 1.54) is 12.1 Å². The van der Waals surface area contributed by atoms with Gasteiger partial charge >= 0.3 is 0 Å². The van der Waals surface area contributed by atoms with E-state index in [-0.39, 0.29) is 5.82 Å². The summed E-state index contributed by atoms with van der Waals surface area (Å²) in [4.78, 5) is 0. The minimum atomic E-state index is -0.303. The average Bonchev–Trinajstić information content (AvgIpc) is 2.32. The van der Waals surface area contributed by atoms with Crippen molar-refractivity contribution in [2.24, 2.45) is 0 Å². The predicted octanol–water partition coefficient (Wildman–Crippen LogP) is 4.88. The maximum absolute atomic E-state index is 13.0. The van der Waals surface area contributed by atoms with Crippen molar-refractivity contribution in [1.29, 1.82) is 0 Å². The van der Waals surface area contributed by atoms with Crippen LogP contribution in [0.5, 0.6) is 0 Å². The minimum absolute atomic E-state index is 0.303. The number of hydrogen-bond donors (Lipinski definition) is 2. The number of anilines is 3. The van der Waals surface area contributed by atoms with Crippen LogP contribution in [0, 0.1) is 12.7 Å². The molecule has 3 N–H and O–H groups in total. The van der Waals surface area contributed by atoms with E-state index in [1.54, 1.807) is 18.2 Å². The third kappa shape index (κ3) is 2.60. The van der Waals surface area contributed by atoms with Gasteiger partial charge in [-0.2, -0.15) is 0 Å². The molecule has 0 fully saturated rings. The fraction of sp³-hybridized carbons (Fsp3) is 0.0769. The number of nitrogens with one attached hydrogen (secondary N) is 1. The highest BCUT2D eigenvalue weighted by atomic mass is 79.9. The Kier molecular flexibility index (Phi) is 3.78. The van der Waals surface area contributed by atoms with Gasteiger partial charge < -0.3 is 11.1 Å². The molecule has 0 saturated carbocycles. The predicted molar refractivity (Wildman–Crippen MR) is 78.0 cm³/mol. The van der Waals surface area contributed by atoms with Crippen LogP contribution in [0.1, 0.15) is 5.56 Å². The molecule has 0 unspecified atom stereocenters. The molecule has 0 saturated heterocycles. The molecule has 2 rings (SSSR count). The van der Waals surface area contributed by atoms with Gasteiger partial charge in [-0.15, -0.1) is 0 Å². The van der Waals surface area contributed by atoms with Gasteiger partial charge in [-0.3, -0.25) is 0 Å². The minimum Gasteiger partial charge on any atom is -0.397 e.